The molecule has 0 saturated carbocycles. The first-order valence-electron chi connectivity index (χ1n) is 5.94. The minimum atomic E-state index is -3.22. The highest BCUT2D eigenvalue weighted by Crippen LogP contribution is 2.46. The van der Waals surface area contributed by atoms with E-state index in [1.54, 1.807) is 26.0 Å². The van der Waals surface area contributed by atoms with E-state index in [1.165, 1.54) is 12.1 Å². The van der Waals surface area contributed by atoms with E-state index in [1.807, 2.05) is 0 Å². The Morgan fingerprint density at radius 1 is 1.37 bits per heavy atom. The molecule has 2 rings (SSSR count). The largest absolute Gasteiger partial charge is 0.464 e. The van der Waals surface area contributed by atoms with E-state index < -0.39 is 27.5 Å². The molecule has 1 aliphatic heterocycles. The quantitative estimate of drug-likeness (QED) is 0.615. The summed E-state index contributed by atoms with van der Waals surface area (Å²) >= 11 is 0. The molecule has 0 aromatic heterocycles. The van der Waals surface area contributed by atoms with E-state index in [2.05, 4.69) is 0 Å². The second-order valence-corrected chi connectivity index (χ2v) is 6.67. The second kappa shape index (κ2) is 4.61. The number of esters is 1. The normalized spacial score (nSPS) is 25.9. The molecule has 1 saturated heterocycles. The number of sulfone groups is 1. The maximum atomic E-state index is 11.6. The predicted octanol–water partition coefficient (Wildman–Crippen LogP) is 1.27. The molecule has 1 aromatic carbocycles. The molecule has 1 aromatic rings. The Morgan fingerprint density at radius 2 is 1.95 bits per heavy atom. The Labute approximate surface area is 112 Å². The van der Waals surface area contributed by atoms with Crippen molar-refractivity contribution in [2.45, 2.75) is 30.4 Å². The van der Waals surface area contributed by atoms with Gasteiger partial charge in [-0.3, -0.25) is 0 Å². The Balaban J connectivity index is 2.19. The van der Waals surface area contributed by atoms with Gasteiger partial charge in [-0.2, -0.15) is 0 Å². The van der Waals surface area contributed by atoms with Gasteiger partial charge in [0.25, 0.3) is 0 Å². The van der Waals surface area contributed by atoms with E-state index in [-0.39, 0.29) is 4.90 Å². The fraction of sp³-hybridized carbons (Fsp3) is 0.462. The molecule has 6 heteroatoms. The highest BCUT2D eigenvalue weighted by Gasteiger charge is 2.59. The lowest BCUT2D eigenvalue weighted by Gasteiger charge is -2.07. The fourth-order valence-electron chi connectivity index (χ4n) is 1.95. The smallest absolute Gasteiger partial charge is 0.338 e. The number of carbonyl (C=O) groups excluding carboxylic acids is 1. The number of hydrogen-bond acceptors (Lipinski definition) is 5. The summed E-state index contributed by atoms with van der Waals surface area (Å²) in [5.41, 5.74) is 0.0420. The number of epoxide rings is 1. The lowest BCUT2D eigenvalue weighted by atomic mass is 9.97. The first-order valence-corrected chi connectivity index (χ1v) is 7.83. The maximum Gasteiger partial charge on any atom is 0.338 e. The average Bonchev–Trinajstić information content (AvgIpc) is 3.03. The van der Waals surface area contributed by atoms with Crippen LogP contribution in [0.25, 0.3) is 0 Å². The van der Waals surface area contributed by atoms with Gasteiger partial charge in [0.1, 0.15) is 5.60 Å². The van der Waals surface area contributed by atoms with Crippen LogP contribution in [0.2, 0.25) is 0 Å². The lowest BCUT2D eigenvalue weighted by molar-refractivity contribution is -0.144. The zero-order chi connectivity index (χ0) is 14.3. The zero-order valence-corrected chi connectivity index (χ0v) is 11.9. The van der Waals surface area contributed by atoms with E-state index in [0.29, 0.717) is 6.61 Å². The molecule has 0 amide bonds. The number of rotatable bonds is 4. The van der Waals surface area contributed by atoms with Crippen molar-refractivity contribution in [3.05, 3.63) is 29.8 Å². The van der Waals surface area contributed by atoms with Crippen LogP contribution < -0.4 is 0 Å². The maximum absolute atomic E-state index is 11.6. The van der Waals surface area contributed by atoms with Crippen molar-refractivity contribution in [1.82, 2.24) is 0 Å². The summed E-state index contributed by atoms with van der Waals surface area (Å²) in [6, 6.07) is 6.35. The molecule has 1 heterocycles. The molecule has 0 spiro atoms. The molecule has 0 aliphatic carbocycles. The molecule has 2 unspecified atom stereocenters. The van der Waals surface area contributed by atoms with Crippen LogP contribution in [0.5, 0.6) is 0 Å². The molecule has 2 atom stereocenters. The fourth-order valence-corrected chi connectivity index (χ4v) is 2.58. The molecule has 0 N–H and O–H groups in total. The summed E-state index contributed by atoms with van der Waals surface area (Å²) in [7, 11) is -3.22. The SMILES string of the molecule is CCOC(=O)C1OC1(C)c1ccc(S(C)(=O)=O)cc1. The zero-order valence-electron chi connectivity index (χ0n) is 11.0. The van der Waals surface area contributed by atoms with Gasteiger partial charge in [0.2, 0.25) is 0 Å². The number of ether oxygens (including phenoxy) is 2. The van der Waals surface area contributed by atoms with Crippen LogP contribution >= 0.6 is 0 Å². The highest BCUT2D eigenvalue weighted by atomic mass is 32.2. The van der Waals surface area contributed by atoms with Crippen LogP contribution in [0, 0.1) is 0 Å². The van der Waals surface area contributed by atoms with Crippen molar-refractivity contribution in [1.29, 1.82) is 0 Å². The van der Waals surface area contributed by atoms with Crippen LogP contribution in [0.1, 0.15) is 19.4 Å². The molecule has 0 bridgehead atoms. The topological polar surface area (TPSA) is 73.0 Å². The van der Waals surface area contributed by atoms with Gasteiger partial charge in [0.15, 0.2) is 15.9 Å². The van der Waals surface area contributed by atoms with Crippen molar-refractivity contribution in [2.24, 2.45) is 0 Å². The summed E-state index contributed by atoms with van der Waals surface area (Å²) in [5, 5.41) is 0. The van der Waals surface area contributed by atoms with Crippen molar-refractivity contribution >= 4 is 15.8 Å². The third-order valence-electron chi connectivity index (χ3n) is 3.16. The van der Waals surface area contributed by atoms with E-state index in [9.17, 15) is 13.2 Å². The number of hydrogen-bond donors (Lipinski definition) is 0. The Kier molecular flexibility index (Phi) is 3.40. The number of benzene rings is 1. The Morgan fingerprint density at radius 3 is 2.42 bits per heavy atom. The van der Waals surface area contributed by atoms with Gasteiger partial charge < -0.3 is 9.47 Å². The summed E-state index contributed by atoms with van der Waals surface area (Å²) in [6.07, 6.45) is 0.537. The third kappa shape index (κ3) is 2.64. The van der Waals surface area contributed by atoms with Crippen LogP contribution in [0.15, 0.2) is 29.2 Å². The van der Waals surface area contributed by atoms with Gasteiger partial charge in [-0.25, -0.2) is 13.2 Å². The molecule has 5 nitrogen and oxygen atoms in total. The molecule has 0 radical (unpaired) electrons. The van der Waals surface area contributed by atoms with E-state index >= 15 is 0 Å². The van der Waals surface area contributed by atoms with Crippen LogP contribution in [-0.2, 0) is 29.7 Å². The molecule has 1 fully saturated rings. The molecule has 19 heavy (non-hydrogen) atoms. The minimum Gasteiger partial charge on any atom is -0.464 e. The molecular weight excluding hydrogens is 268 g/mol. The molecule has 1 aliphatic rings. The first kappa shape index (κ1) is 14.0. The second-order valence-electron chi connectivity index (χ2n) is 4.65. The van der Waals surface area contributed by atoms with Crippen molar-refractivity contribution in [3.8, 4) is 0 Å². The highest BCUT2D eigenvalue weighted by molar-refractivity contribution is 7.90. The number of carbonyl (C=O) groups is 1. The van der Waals surface area contributed by atoms with Gasteiger partial charge in [-0.15, -0.1) is 0 Å². The first-order chi connectivity index (χ1) is 8.79. The van der Waals surface area contributed by atoms with E-state index in [0.717, 1.165) is 11.8 Å². The van der Waals surface area contributed by atoms with Crippen molar-refractivity contribution in [3.63, 3.8) is 0 Å². The minimum absolute atomic E-state index is 0.244. The summed E-state index contributed by atoms with van der Waals surface area (Å²) < 4.78 is 33.0. The van der Waals surface area contributed by atoms with Crippen molar-refractivity contribution in [2.75, 3.05) is 12.9 Å². The average molecular weight is 284 g/mol. The van der Waals surface area contributed by atoms with E-state index in [4.69, 9.17) is 9.47 Å². The van der Waals surface area contributed by atoms with Crippen LogP contribution in [-0.4, -0.2) is 33.4 Å². The molecule has 104 valence electrons. The summed E-state index contributed by atoms with van der Waals surface area (Å²) in [4.78, 5) is 11.8. The van der Waals surface area contributed by atoms with Gasteiger partial charge in [-0.05, 0) is 31.5 Å². The summed E-state index contributed by atoms with van der Waals surface area (Å²) in [5.74, 6) is -0.391. The standard InChI is InChI=1S/C13H16O5S/c1-4-17-12(14)11-13(2,18-11)9-5-7-10(8-6-9)19(3,15)16/h5-8,11H,4H2,1-3H3. The van der Waals surface area contributed by atoms with Gasteiger partial charge in [0.05, 0.1) is 11.5 Å². The Hall–Kier alpha value is -1.40. The monoisotopic (exact) mass is 284 g/mol. The lowest BCUT2D eigenvalue weighted by Crippen LogP contribution is -2.18. The molecular formula is C13H16O5S. The summed E-state index contributed by atoms with van der Waals surface area (Å²) in [6.45, 7) is 3.82. The van der Waals surface area contributed by atoms with Crippen molar-refractivity contribution < 1.29 is 22.7 Å². The Bertz CT molecular complexity index is 590. The third-order valence-corrected chi connectivity index (χ3v) is 4.29. The van der Waals surface area contributed by atoms with Crippen LogP contribution in [0.4, 0.5) is 0 Å². The predicted molar refractivity (Wildman–Crippen MR) is 68.4 cm³/mol. The van der Waals surface area contributed by atoms with Crippen LogP contribution in [0.3, 0.4) is 0 Å². The van der Waals surface area contributed by atoms with Gasteiger partial charge in [-0.1, -0.05) is 12.1 Å². The van der Waals surface area contributed by atoms with Gasteiger partial charge >= 0.3 is 5.97 Å². The van der Waals surface area contributed by atoms with Gasteiger partial charge in [0, 0.05) is 6.26 Å².